The molecule has 4 bridgehead atoms. The summed E-state index contributed by atoms with van der Waals surface area (Å²) in [6.45, 7) is 1.09. The third kappa shape index (κ3) is 2.71. The van der Waals surface area contributed by atoms with Crippen LogP contribution in [0.15, 0.2) is 0 Å². The zero-order valence-electron chi connectivity index (χ0n) is 12.1. The van der Waals surface area contributed by atoms with Crippen LogP contribution in [-0.2, 0) is 4.79 Å². The largest absolute Gasteiger partial charge is 0.353 e. The lowest BCUT2D eigenvalue weighted by molar-refractivity contribution is -0.125. The molecule has 5 aliphatic rings. The smallest absolute Gasteiger partial charge is 0.221 e. The van der Waals surface area contributed by atoms with Crippen molar-refractivity contribution in [2.24, 2.45) is 23.7 Å². The molecule has 1 unspecified atom stereocenters. The molecule has 1 amide bonds. The fourth-order valence-corrected chi connectivity index (χ4v) is 5.56. The molecule has 1 aliphatic heterocycles. The van der Waals surface area contributed by atoms with Gasteiger partial charge in [0, 0.05) is 18.5 Å². The number of hydrogen-bond donors (Lipinski definition) is 2. The van der Waals surface area contributed by atoms with E-state index in [2.05, 4.69) is 10.6 Å². The normalized spacial score (nSPS) is 45.2. The second kappa shape index (κ2) is 5.84. The molecule has 20 heavy (non-hydrogen) atoms. The Morgan fingerprint density at radius 2 is 1.70 bits per heavy atom. The molecule has 4 heteroatoms. The third-order valence-corrected chi connectivity index (χ3v) is 6.15. The minimum absolute atomic E-state index is 0. The van der Waals surface area contributed by atoms with Crippen molar-refractivity contribution in [3.8, 4) is 0 Å². The minimum Gasteiger partial charge on any atom is -0.353 e. The van der Waals surface area contributed by atoms with E-state index >= 15 is 0 Å². The molecule has 1 heterocycles. The van der Waals surface area contributed by atoms with Crippen LogP contribution in [0.2, 0.25) is 0 Å². The molecular formula is C16H27ClN2O. The van der Waals surface area contributed by atoms with Gasteiger partial charge in [0.15, 0.2) is 0 Å². The molecule has 114 valence electrons. The highest BCUT2D eigenvalue weighted by atomic mass is 35.5. The summed E-state index contributed by atoms with van der Waals surface area (Å²) in [6, 6.07) is 0.957. The number of hydrogen-bond acceptors (Lipinski definition) is 2. The summed E-state index contributed by atoms with van der Waals surface area (Å²) < 4.78 is 0. The van der Waals surface area contributed by atoms with Crippen LogP contribution < -0.4 is 10.6 Å². The average Bonchev–Trinajstić information content (AvgIpc) is 2.85. The van der Waals surface area contributed by atoms with Crippen molar-refractivity contribution in [3.63, 3.8) is 0 Å². The van der Waals surface area contributed by atoms with E-state index in [1.54, 1.807) is 0 Å². The van der Waals surface area contributed by atoms with E-state index in [0.717, 1.165) is 30.2 Å². The molecule has 0 spiro atoms. The summed E-state index contributed by atoms with van der Waals surface area (Å²) in [4.78, 5) is 12.2. The maximum Gasteiger partial charge on any atom is 0.221 e. The van der Waals surface area contributed by atoms with E-state index in [9.17, 15) is 4.79 Å². The van der Waals surface area contributed by atoms with Crippen molar-refractivity contribution in [1.82, 2.24) is 10.6 Å². The topological polar surface area (TPSA) is 41.1 Å². The van der Waals surface area contributed by atoms with Gasteiger partial charge in [-0.3, -0.25) is 4.79 Å². The van der Waals surface area contributed by atoms with Gasteiger partial charge < -0.3 is 10.6 Å². The quantitative estimate of drug-likeness (QED) is 0.840. The van der Waals surface area contributed by atoms with Crippen LogP contribution in [0.5, 0.6) is 0 Å². The minimum atomic E-state index is 0. The van der Waals surface area contributed by atoms with Gasteiger partial charge in [-0.15, -0.1) is 12.4 Å². The van der Waals surface area contributed by atoms with Gasteiger partial charge in [-0.05, 0) is 75.2 Å². The van der Waals surface area contributed by atoms with Crippen molar-refractivity contribution < 1.29 is 4.79 Å². The maximum absolute atomic E-state index is 12.2. The Kier molecular flexibility index (Phi) is 4.28. The molecule has 3 nitrogen and oxygen atoms in total. The van der Waals surface area contributed by atoms with Gasteiger partial charge >= 0.3 is 0 Å². The monoisotopic (exact) mass is 298 g/mol. The highest BCUT2D eigenvalue weighted by molar-refractivity contribution is 5.85. The van der Waals surface area contributed by atoms with E-state index in [0.29, 0.717) is 24.4 Å². The molecule has 4 aliphatic carbocycles. The summed E-state index contributed by atoms with van der Waals surface area (Å²) in [6.07, 6.45) is 10.1. The third-order valence-electron chi connectivity index (χ3n) is 6.15. The molecule has 1 atom stereocenters. The number of nitrogens with one attached hydrogen (secondary N) is 2. The van der Waals surface area contributed by atoms with Crippen molar-refractivity contribution in [2.75, 3.05) is 6.54 Å². The molecular weight excluding hydrogens is 272 g/mol. The van der Waals surface area contributed by atoms with Gasteiger partial charge in [0.25, 0.3) is 0 Å². The van der Waals surface area contributed by atoms with Crippen LogP contribution in [0, 0.1) is 23.7 Å². The molecule has 4 saturated carbocycles. The van der Waals surface area contributed by atoms with Crippen LogP contribution in [0.3, 0.4) is 0 Å². The van der Waals surface area contributed by atoms with Gasteiger partial charge in [0.2, 0.25) is 5.91 Å². The predicted octanol–water partition coefficient (Wildman–Crippen LogP) is 2.49. The van der Waals surface area contributed by atoms with E-state index in [1.165, 1.54) is 44.9 Å². The SMILES string of the molecule is Cl.O=C(CC1CCCN1)NC1C2CC3CC(C2)CC1C3. The number of halogens is 1. The van der Waals surface area contributed by atoms with Crippen LogP contribution in [0.4, 0.5) is 0 Å². The molecule has 0 aromatic carbocycles. The van der Waals surface area contributed by atoms with Crippen molar-refractivity contribution in [1.29, 1.82) is 0 Å². The number of rotatable bonds is 3. The standard InChI is InChI=1S/C16H26N2O.ClH/c19-15(9-14-2-1-3-17-14)18-16-12-5-10-4-11(7-12)8-13(16)6-10;/h10-14,16-17H,1-9H2,(H,18,19);1H. The Hall–Kier alpha value is -0.280. The Morgan fingerprint density at radius 3 is 2.25 bits per heavy atom. The lowest BCUT2D eigenvalue weighted by Gasteiger charge is -2.54. The van der Waals surface area contributed by atoms with E-state index < -0.39 is 0 Å². The molecule has 0 aromatic rings. The molecule has 1 saturated heterocycles. The molecule has 2 N–H and O–H groups in total. The maximum atomic E-state index is 12.2. The number of amides is 1. The highest BCUT2D eigenvalue weighted by Gasteiger charge is 2.48. The summed E-state index contributed by atoms with van der Waals surface area (Å²) in [7, 11) is 0. The summed E-state index contributed by atoms with van der Waals surface area (Å²) in [5.41, 5.74) is 0. The van der Waals surface area contributed by atoms with Crippen LogP contribution in [0.1, 0.15) is 51.4 Å². The first kappa shape index (κ1) is 14.6. The van der Waals surface area contributed by atoms with Crippen molar-refractivity contribution in [3.05, 3.63) is 0 Å². The molecule has 5 rings (SSSR count). The van der Waals surface area contributed by atoms with Gasteiger partial charge in [-0.2, -0.15) is 0 Å². The number of carbonyl (C=O) groups excluding carboxylic acids is 1. The Labute approximate surface area is 128 Å². The van der Waals surface area contributed by atoms with Crippen molar-refractivity contribution in [2.45, 2.75) is 63.5 Å². The van der Waals surface area contributed by atoms with Crippen LogP contribution in [0.25, 0.3) is 0 Å². The fraction of sp³-hybridized carbons (Fsp3) is 0.938. The first-order valence-electron chi connectivity index (χ1n) is 8.30. The first-order chi connectivity index (χ1) is 9.28. The second-order valence-corrected chi connectivity index (χ2v) is 7.52. The van der Waals surface area contributed by atoms with Gasteiger partial charge in [-0.1, -0.05) is 0 Å². The van der Waals surface area contributed by atoms with Gasteiger partial charge in [0.1, 0.15) is 0 Å². The van der Waals surface area contributed by atoms with Crippen molar-refractivity contribution >= 4 is 18.3 Å². The zero-order chi connectivity index (χ0) is 12.8. The van der Waals surface area contributed by atoms with Crippen LogP contribution >= 0.6 is 12.4 Å². The lowest BCUT2D eigenvalue weighted by atomic mass is 9.54. The number of carbonyl (C=O) groups is 1. The van der Waals surface area contributed by atoms with Gasteiger partial charge in [0.05, 0.1) is 0 Å². The highest BCUT2D eigenvalue weighted by Crippen LogP contribution is 2.53. The van der Waals surface area contributed by atoms with E-state index in [1.807, 2.05) is 0 Å². The summed E-state index contributed by atoms with van der Waals surface area (Å²) >= 11 is 0. The Morgan fingerprint density at radius 1 is 1.05 bits per heavy atom. The Bertz CT molecular complexity index is 339. The fourth-order valence-electron chi connectivity index (χ4n) is 5.56. The van der Waals surface area contributed by atoms with E-state index in [-0.39, 0.29) is 12.4 Å². The molecule has 5 fully saturated rings. The Balaban J connectivity index is 0.00000121. The predicted molar refractivity (Wildman–Crippen MR) is 81.9 cm³/mol. The second-order valence-electron chi connectivity index (χ2n) is 7.52. The van der Waals surface area contributed by atoms with E-state index in [4.69, 9.17) is 0 Å². The zero-order valence-corrected chi connectivity index (χ0v) is 13.0. The van der Waals surface area contributed by atoms with Crippen LogP contribution in [-0.4, -0.2) is 24.5 Å². The lowest BCUT2D eigenvalue weighted by Crippen LogP contribution is -2.56. The molecule has 0 radical (unpaired) electrons. The first-order valence-corrected chi connectivity index (χ1v) is 8.30. The average molecular weight is 299 g/mol. The summed E-state index contributed by atoms with van der Waals surface area (Å²) in [5, 5.41) is 6.84. The van der Waals surface area contributed by atoms with Gasteiger partial charge in [-0.25, -0.2) is 0 Å². The molecule has 0 aromatic heterocycles. The summed E-state index contributed by atoms with van der Waals surface area (Å²) in [5.74, 6) is 3.89.